The normalized spacial score (nSPS) is 11.4. The molecule has 0 aliphatic rings. The molecule has 0 fully saturated rings. The van der Waals surface area contributed by atoms with Gasteiger partial charge in [-0.1, -0.05) is 6.07 Å². The van der Waals surface area contributed by atoms with E-state index in [0.717, 1.165) is 12.1 Å². The molecule has 3 nitrogen and oxygen atoms in total. The van der Waals surface area contributed by atoms with Crippen LogP contribution in [0, 0.1) is 0 Å². The number of benzene rings is 1. The van der Waals surface area contributed by atoms with Crippen LogP contribution in [-0.4, -0.2) is 12.1 Å². The van der Waals surface area contributed by atoms with Crippen LogP contribution in [0.4, 0.5) is 18.9 Å². The first-order valence-electron chi connectivity index (χ1n) is 5.39. The summed E-state index contributed by atoms with van der Waals surface area (Å²) in [7, 11) is 1.44. The maximum absolute atomic E-state index is 12.6. The molecule has 100 valence electrons. The molecule has 0 unspecified atom stereocenters. The Morgan fingerprint density at radius 2 is 1.89 bits per heavy atom. The highest BCUT2D eigenvalue weighted by molar-refractivity contribution is 5.79. The lowest BCUT2D eigenvalue weighted by atomic mass is 10.0. The molecule has 0 radical (unpaired) electrons. The Morgan fingerprint density at radius 3 is 2.47 bits per heavy atom. The average molecular weight is 268 g/mol. The number of rotatable bonds is 2. The average Bonchev–Trinajstić information content (AvgIpc) is 2.37. The number of ether oxygens (including phenoxy) is 1. The smallest absolute Gasteiger partial charge is 0.416 e. The van der Waals surface area contributed by atoms with Crippen molar-refractivity contribution in [3.05, 3.63) is 42.1 Å². The molecule has 2 N–H and O–H groups in total. The molecular weight excluding hydrogens is 257 g/mol. The summed E-state index contributed by atoms with van der Waals surface area (Å²) in [6.07, 6.45) is -2.88. The number of anilines is 1. The Bertz CT molecular complexity index is 597. The number of methoxy groups -OCH3 is 1. The van der Waals surface area contributed by atoms with Gasteiger partial charge in [-0.05, 0) is 24.3 Å². The Hall–Kier alpha value is -2.24. The lowest BCUT2D eigenvalue weighted by molar-refractivity contribution is -0.137. The predicted molar refractivity (Wildman–Crippen MR) is 65.6 cm³/mol. The van der Waals surface area contributed by atoms with Crippen LogP contribution in [-0.2, 0) is 6.18 Å². The number of alkyl halides is 3. The first-order chi connectivity index (χ1) is 8.93. The van der Waals surface area contributed by atoms with Gasteiger partial charge in [-0.15, -0.1) is 0 Å². The second-order valence-electron chi connectivity index (χ2n) is 3.86. The summed E-state index contributed by atoms with van der Waals surface area (Å²) in [5, 5.41) is 0. The maximum atomic E-state index is 12.6. The van der Waals surface area contributed by atoms with Gasteiger partial charge in [0.2, 0.25) is 5.88 Å². The number of pyridine rings is 1. The van der Waals surface area contributed by atoms with Crippen molar-refractivity contribution in [2.75, 3.05) is 12.8 Å². The van der Waals surface area contributed by atoms with E-state index >= 15 is 0 Å². The van der Waals surface area contributed by atoms with Crippen LogP contribution in [0.3, 0.4) is 0 Å². The van der Waals surface area contributed by atoms with Crippen molar-refractivity contribution < 1.29 is 17.9 Å². The first kappa shape index (κ1) is 13.2. The molecule has 6 heteroatoms. The minimum absolute atomic E-state index is 0.0288. The van der Waals surface area contributed by atoms with Crippen molar-refractivity contribution in [2.24, 2.45) is 0 Å². The maximum Gasteiger partial charge on any atom is 0.416 e. The van der Waals surface area contributed by atoms with Gasteiger partial charge in [-0.25, -0.2) is 4.98 Å². The van der Waals surface area contributed by atoms with Crippen molar-refractivity contribution in [1.29, 1.82) is 0 Å². The highest BCUT2D eigenvalue weighted by Crippen LogP contribution is 2.36. The van der Waals surface area contributed by atoms with Gasteiger partial charge in [0.15, 0.2) is 0 Å². The van der Waals surface area contributed by atoms with Crippen LogP contribution in [0.5, 0.6) is 5.88 Å². The van der Waals surface area contributed by atoms with Gasteiger partial charge >= 0.3 is 6.18 Å². The zero-order valence-corrected chi connectivity index (χ0v) is 10.0. The summed E-state index contributed by atoms with van der Waals surface area (Å²) in [4.78, 5) is 3.99. The van der Waals surface area contributed by atoms with E-state index < -0.39 is 11.7 Å². The molecule has 1 heterocycles. The van der Waals surface area contributed by atoms with Crippen molar-refractivity contribution in [3.63, 3.8) is 0 Å². The summed E-state index contributed by atoms with van der Waals surface area (Å²) < 4.78 is 42.7. The Labute approximate surface area is 107 Å². The zero-order valence-electron chi connectivity index (χ0n) is 10.0. The summed E-state index contributed by atoms with van der Waals surface area (Å²) in [6, 6.07) is 6.55. The van der Waals surface area contributed by atoms with E-state index in [4.69, 9.17) is 10.5 Å². The molecule has 2 rings (SSSR count). The molecule has 1 aromatic carbocycles. The van der Waals surface area contributed by atoms with Crippen LogP contribution in [0.2, 0.25) is 0 Å². The molecule has 0 aliphatic heterocycles. The fraction of sp³-hybridized carbons (Fsp3) is 0.154. The molecule has 0 aliphatic carbocycles. The van der Waals surface area contributed by atoms with Gasteiger partial charge in [0, 0.05) is 23.0 Å². The molecule has 0 saturated heterocycles. The molecule has 19 heavy (non-hydrogen) atoms. The summed E-state index contributed by atoms with van der Waals surface area (Å²) in [5.41, 5.74) is 5.95. The number of aromatic nitrogens is 1. The van der Waals surface area contributed by atoms with Gasteiger partial charge in [0.25, 0.3) is 0 Å². The Morgan fingerprint density at radius 1 is 1.16 bits per heavy atom. The third-order valence-corrected chi connectivity index (χ3v) is 2.63. The fourth-order valence-electron chi connectivity index (χ4n) is 1.74. The van der Waals surface area contributed by atoms with Gasteiger partial charge in [0.1, 0.15) is 0 Å². The summed E-state index contributed by atoms with van der Waals surface area (Å²) in [6.45, 7) is 0. The van der Waals surface area contributed by atoms with Crippen LogP contribution in [0.1, 0.15) is 5.56 Å². The molecule has 0 atom stereocenters. The highest BCUT2D eigenvalue weighted by atomic mass is 19.4. The largest absolute Gasteiger partial charge is 0.481 e. The van der Waals surface area contributed by atoms with E-state index in [2.05, 4.69) is 4.98 Å². The number of halogens is 3. The SMILES string of the molecule is COc1ncccc1-c1ccc(C(F)(F)F)cc1N. The summed E-state index contributed by atoms with van der Waals surface area (Å²) >= 11 is 0. The first-order valence-corrected chi connectivity index (χ1v) is 5.39. The Balaban J connectivity index is 2.53. The fourth-order valence-corrected chi connectivity index (χ4v) is 1.74. The van der Waals surface area contributed by atoms with E-state index in [9.17, 15) is 13.2 Å². The number of nitrogens with two attached hydrogens (primary N) is 1. The minimum Gasteiger partial charge on any atom is -0.481 e. The van der Waals surface area contributed by atoms with Crippen molar-refractivity contribution in [1.82, 2.24) is 4.98 Å². The minimum atomic E-state index is -4.41. The topological polar surface area (TPSA) is 48.1 Å². The molecule has 0 saturated carbocycles. The van der Waals surface area contributed by atoms with Gasteiger partial charge in [-0.3, -0.25) is 0 Å². The predicted octanol–water partition coefficient (Wildman–Crippen LogP) is 3.36. The van der Waals surface area contributed by atoms with Crippen LogP contribution in [0.15, 0.2) is 36.5 Å². The quantitative estimate of drug-likeness (QED) is 0.849. The van der Waals surface area contributed by atoms with Gasteiger partial charge in [0.05, 0.1) is 12.7 Å². The van der Waals surface area contributed by atoms with Crippen LogP contribution in [0.25, 0.3) is 11.1 Å². The molecule has 0 bridgehead atoms. The van der Waals surface area contributed by atoms with E-state index in [1.165, 1.54) is 19.4 Å². The summed E-state index contributed by atoms with van der Waals surface area (Å²) in [5.74, 6) is 0.314. The second-order valence-corrected chi connectivity index (χ2v) is 3.86. The molecule has 0 spiro atoms. The second kappa shape index (κ2) is 4.79. The molecular formula is C13H11F3N2O. The molecule has 2 aromatic rings. The monoisotopic (exact) mass is 268 g/mol. The van der Waals surface area contributed by atoms with Gasteiger partial charge in [-0.2, -0.15) is 13.2 Å². The van der Waals surface area contributed by atoms with E-state index in [-0.39, 0.29) is 5.69 Å². The third kappa shape index (κ3) is 2.62. The van der Waals surface area contributed by atoms with E-state index in [0.29, 0.717) is 17.0 Å². The third-order valence-electron chi connectivity index (χ3n) is 2.63. The molecule has 0 amide bonds. The van der Waals surface area contributed by atoms with Gasteiger partial charge < -0.3 is 10.5 Å². The number of nitrogen functional groups attached to an aromatic ring is 1. The lowest BCUT2D eigenvalue weighted by Crippen LogP contribution is -2.06. The van der Waals surface area contributed by atoms with Crippen molar-refractivity contribution >= 4 is 5.69 Å². The zero-order chi connectivity index (χ0) is 14.0. The van der Waals surface area contributed by atoms with Crippen LogP contribution >= 0.6 is 0 Å². The van der Waals surface area contributed by atoms with Crippen LogP contribution < -0.4 is 10.5 Å². The van der Waals surface area contributed by atoms with Crippen molar-refractivity contribution in [3.8, 4) is 17.0 Å². The van der Waals surface area contributed by atoms with E-state index in [1.54, 1.807) is 12.1 Å². The molecule has 1 aromatic heterocycles. The van der Waals surface area contributed by atoms with Crippen molar-refractivity contribution in [2.45, 2.75) is 6.18 Å². The standard InChI is InChI=1S/C13H11F3N2O/c1-19-12-10(3-2-6-18-12)9-5-4-8(7-11(9)17)13(14,15)16/h2-7H,17H2,1H3. The number of hydrogen-bond donors (Lipinski definition) is 1. The number of hydrogen-bond acceptors (Lipinski definition) is 3. The highest BCUT2D eigenvalue weighted by Gasteiger charge is 2.31. The number of nitrogens with zero attached hydrogens (tertiary/aromatic N) is 1. The van der Waals surface area contributed by atoms with E-state index in [1.807, 2.05) is 0 Å². The Kier molecular flexibility index (Phi) is 3.33. The lowest BCUT2D eigenvalue weighted by Gasteiger charge is -2.12.